The van der Waals surface area contributed by atoms with Crippen LogP contribution in [0, 0.1) is 0 Å². The number of nitrogens with zero attached hydrogens (tertiary/aromatic N) is 2. The lowest BCUT2D eigenvalue weighted by atomic mass is 9.89. The minimum Gasteiger partial charge on any atom is -0.375 e. The summed E-state index contributed by atoms with van der Waals surface area (Å²) >= 11 is 0. The molecule has 0 radical (unpaired) electrons. The smallest absolute Gasteiger partial charge is 0.271 e. The maximum Gasteiger partial charge on any atom is 0.271 e. The Kier molecular flexibility index (Phi) is 4.35. The summed E-state index contributed by atoms with van der Waals surface area (Å²) in [6.07, 6.45) is 8.95. The highest BCUT2D eigenvalue weighted by Gasteiger charge is 2.40. The van der Waals surface area contributed by atoms with Crippen LogP contribution in [0.25, 0.3) is 0 Å². The van der Waals surface area contributed by atoms with E-state index in [0.29, 0.717) is 11.7 Å². The van der Waals surface area contributed by atoms with Crippen LogP contribution in [0.1, 0.15) is 73.6 Å². The summed E-state index contributed by atoms with van der Waals surface area (Å²) in [6, 6.07) is 2.49. The van der Waals surface area contributed by atoms with Crippen LogP contribution in [0.15, 0.2) is 6.07 Å². The predicted molar refractivity (Wildman–Crippen MR) is 90.8 cm³/mol. The van der Waals surface area contributed by atoms with E-state index in [-0.39, 0.29) is 17.6 Å². The van der Waals surface area contributed by atoms with E-state index < -0.39 is 0 Å². The topological polar surface area (TPSA) is 70.2 Å². The van der Waals surface area contributed by atoms with E-state index in [9.17, 15) is 4.79 Å². The van der Waals surface area contributed by atoms with E-state index in [2.05, 4.69) is 27.5 Å². The van der Waals surface area contributed by atoms with Gasteiger partial charge in [-0.2, -0.15) is 5.10 Å². The molecule has 1 spiro atoms. The van der Waals surface area contributed by atoms with Crippen LogP contribution in [-0.2, 0) is 4.74 Å². The number of rotatable bonds is 3. The molecule has 1 amide bonds. The minimum atomic E-state index is -0.0572. The van der Waals surface area contributed by atoms with Crippen LogP contribution in [-0.4, -0.2) is 52.8 Å². The average Bonchev–Trinajstić information content (AvgIpc) is 3.28. The third-order valence-corrected chi connectivity index (χ3v) is 6.05. The summed E-state index contributed by atoms with van der Waals surface area (Å²) in [4.78, 5) is 14.9. The third-order valence-electron chi connectivity index (χ3n) is 6.05. The lowest BCUT2D eigenvalue weighted by Crippen LogP contribution is -2.47. The number of H-pyrrole nitrogens is 1. The van der Waals surface area contributed by atoms with Crippen molar-refractivity contribution in [2.45, 2.75) is 69.1 Å². The van der Waals surface area contributed by atoms with E-state index in [4.69, 9.17) is 4.74 Å². The number of ether oxygens (including phenoxy) is 1. The minimum absolute atomic E-state index is 0.0273. The number of aromatic amines is 1. The van der Waals surface area contributed by atoms with Gasteiger partial charge in [0.05, 0.1) is 17.3 Å². The van der Waals surface area contributed by atoms with Crippen LogP contribution in [0.3, 0.4) is 0 Å². The number of hydrogen-bond acceptors (Lipinski definition) is 4. The van der Waals surface area contributed by atoms with Gasteiger partial charge in [-0.1, -0.05) is 12.8 Å². The van der Waals surface area contributed by atoms with Crippen molar-refractivity contribution in [1.82, 2.24) is 20.4 Å². The Morgan fingerprint density at radius 2 is 2.21 bits per heavy atom. The van der Waals surface area contributed by atoms with Gasteiger partial charge in [0.25, 0.3) is 5.91 Å². The van der Waals surface area contributed by atoms with Gasteiger partial charge < -0.3 is 10.1 Å². The second-order valence-electron chi connectivity index (χ2n) is 7.75. The molecule has 2 N–H and O–H groups in total. The highest BCUT2D eigenvalue weighted by molar-refractivity contribution is 5.92. The number of nitrogens with one attached hydrogen (secondary N) is 2. The Labute approximate surface area is 143 Å². The molecule has 1 aromatic rings. The van der Waals surface area contributed by atoms with Gasteiger partial charge in [0.2, 0.25) is 0 Å². The van der Waals surface area contributed by atoms with Crippen LogP contribution < -0.4 is 5.32 Å². The Bertz CT molecular complexity index is 594. The molecule has 2 saturated heterocycles. The maximum absolute atomic E-state index is 12.6. The summed E-state index contributed by atoms with van der Waals surface area (Å²) in [5.74, 6) is -0.0572. The SMILES string of the molecule is CN1CCCC1c1cc(C(=O)NC2CCOC3(CCCC3)C2)n[nH]1. The first-order valence-electron chi connectivity index (χ1n) is 9.36. The maximum atomic E-state index is 12.6. The molecule has 6 heteroatoms. The zero-order chi connectivity index (χ0) is 16.6. The van der Waals surface area contributed by atoms with Gasteiger partial charge in [0.15, 0.2) is 0 Å². The van der Waals surface area contributed by atoms with Gasteiger partial charge in [-0.15, -0.1) is 0 Å². The van der Waals surface area contributed by atoms with Crippen LogP contribution in [0.2, 0.25) is 0 Å². The number of aromatic nitrogens is 2. The number of carbonyl (C=O) groups excluding carboxylic acids is 1. The highest BCUT2D eigenvalue weighted by Crippen LogP contribution is 2.40. The monoisotopic (exact) mass is 332 g/mol. The average molecular weight is 332 g/mol. The van der Waals surface area contributed by atoms with Crippen molar-refractivity contribution in [1.29, 1.82) is 0 Å². The molecule has 3 aliphatic rings. The molecule has 0 bridgehead atoms. The van der Waals surface area contributed by atoms with Gasteiger partial charge in [-0.05, 0) is 58.2 Å². The van der Waals surface area contributed by atoms with Crippen LogP contribution in [0.5, 0.6) is 0 Å². The molecule has 2 unspecified atom stereocenters. The Balaban J connectivity index is 1.38. The molecule has 3 fully saturated rings. The van der Waals surface area contributed by atoms with E-state index >= 15 is 0 Å². The molecule has 1 saturated carbocycles. The number of likely N-dealkylation sites (tertiary alicyclic amines) is 1. The number of hydrogen-bond donors (Lipinski definition) is 2. The first-order chi connectivity index (χ1) is 11.7. The summed E-state index contributed by atoms with van der Waals surface area (Å²) in [5, 5.41) is 10.5. The zero-order valence-corrected chi connectivity index (χ0v) is 14.5. The standard InChI is InChI=1S/C18H28N4O2/c1-22-9-4-5-16(22)14-11-15(21-20-14)17(23)19-13-6-10-24-18(12-13)7-2-3-8-18/h11,13,16H,2-10,12H2,1H3,(H,19,23)(H,20,21). The number of amides is 1. The molecule has 0 aromatic carbocycles. The van der Waals surface area contributed by atoms with Gasteiger partial charge >= 0.3 is 0 Å². The fraction of sp³-hybridized carbons (Fsp3) is 0.778. The van der Waals surface area contributed by atoms with Gasteiger partial charge in [-0.25, -0.2) is 0 Å². The van der Waals surface area contributed by atoms with Crippen molar-refractivity contribution in [2.75, 3.05) is 20.2 Å². The molecule has 6 nitrogen and oxygen atoms in total. The predicted octanol–water partition coefficient (Wildman–Crippen LogP) is 2.40. The largest absolute Gasteiger partial charge is 0.375 e. The van der Waals surface area contributed by atoms with Gasteiger partial charge in [0.1, 0.15) is 5.69 Å². The van der Waals surface area contributed by atoms with Crippen LogP contribution in [0.4, 0.5) is 0 Å². The van der Waals surface area contributed by atoms with Gasteiger partial charge in [-0.3, -0.25) is 14.8 Å². The summed E-state index contributed by atoms with van der Waals surface area (Å²) < 4.78 is 6.05. The summed E-state index contributed by atoms with van der Waals surface area (Å²) in [5.41, 5.74) is 1.59. The molecule has 132 valence electrons. The summed E-state index contributed by atoms with van der Waals surface area (Å²) in [6.45, 7) is 1.86. The lowest BCUT2D eigenvalue weighted by molar-refractivity contribution is -0.0823. The van der Waals surface area contributed by atoms with Crippen molar-refractivity contribution < 1.29 is 9.53 Å². The van der Waals surface area contributed by atoms with Crippen molar-refractivity contribution in [3.8, 4) is 0 Å². The molecular weight excluding hydrogens is 304 g/mol. The fourth-order valence-electron chi connectivity index (χ4n) is 4.70. The van der Waals surface area contributed by atoms with E-state index in [1.165, 1.54) is 19.3 Å². The van der Waals surface area contributed by atoms with E-state index in [1.54, 1.807) is 0 Å². The molecule has 3 heterocycles. The normalized spacial score (nSPS) is 30.0. The molecule has 24 heavy (non-hydrogen) atoms. The molecular formula is C18H28N4O2. The second-order valence-corrected chi connectivity index (χ2v) is 7.75. The zero-order valence-electron chi connectivity index (χ0n) is 14.5. The summed E-state index contributed by atoms with van der Waals surface area (Å²) in [7, 11) is 2.13. The Hall–Kier alpha value is -1.40. The fourth-order valence-corrected chi connectivity index (χ4v) is 4.70. The third kappa shape index (κ3) is 3.09. The lowest BCUT2D eigenvalue weighted by Gasteiger charge is -2.38. The van der Waals surface area contributed by atoms with Crippen molar-refractivity contribution >= 4 is 5.91 Å². The Morgan fingerprint density at radius 3 is 2.96 bits per heavy atom. The van der Waals surface area contributed by atoms with Gasteiger partial charge in [0, 0.05) is 12.6 Å². The van der Waals surface area contributed by atoms with Crippen molar-refractivity contribution in [3.63, 3.8) is 0 Å². The molecule has 1 aromatic heterocycles. The van der Waals surface area contributed by atoms with Crippen LogP contribution >= 0.6 is 0 Å². The Morgan fingerprint density at radius 1 is 1.38 bits per heavy atom. The van der Waals surface area contributed by atoms with E-state index in [1.807, 2.05) is 6.07 Å². The first kappa shape index (κ1) is 16.1. The second kappa shape index (κ2) is 6.48. The quantitative estimate of drug-likeness (QED) is 0.892. The van der Waals surface area contributed by atoms with Crippen molar-refractivity contribution in [2.24, 2.45) is 0 Å². The molecule has 2 aliphatic heterocycles. The highest BCUT2D eigenvalue weighted by atomic mass is 16.5. The molecule has 1 aliphatic carbocycles. The molecule has 2 atom stereocenters. The number of carbonyl (C=O) groups is 1. The molecule has 4 rings (SSSR count). The first-order valence-corrected chi connectivity index (χ1v) is 9.36. The van der Waals surface area contributed by atoms with Crippen molar-refractivity contribution in [3.05, 3.63) is 17.5 Å². The van der Waals surface area contributed by atoms with E-state index in [0.717, 1.165) is 50.9 Å².